The molecule has 0 atom stereocenters. The van der Waals surface area contributed by atoms with Crippen molar-refractivity contribution in [3.63, 3.8) is 0 Å². The Balaban J connectivity index is 1.63. The van der Waals surface area contributed by atoms with Crippen LogP contribution in [0.4, 0.5) is 11.4 Å². The molecule has 0 bridgehead atoms. The Kier molecular flexibility index (Phi) is 3.80. The molecule has 2 aromatic carbocycles. The quantitative estimate of drug-likeness (QED) is 0.894. The molecule has 0 fully saturated rings. The third-order valence-electron chi connectivity index (χ3n) is 4.74. The topological polar surface area (TPSA) is 41.6 Å². The number of anilines is 2. The first kappa shape index (κ1) is 15.5. The summed E-state index contributed by atoms with van der Waals surface area (Å²) < 4.78 is 5.62. The molecule has 2 aliphatic heterocycles. The highest BCUT2D eigenvalue weighted by Gasteiger charge is 2.18. The summed E-state index contributed by atoms with van der Waals surface area (Å²) in [7, 11) is 1.97. The highest BCUT2D eigenvalue weighted by molar-refractivity contribution is 6.06. The molecule has 0 unspecified atom stereocenters. The highest BCUT2D eigenvalue weighted by atomic mass is 16.5. The number of nitrogens with zero attached hydrogens (tertiary/aromatic N) is 1. The molecule has 0 spiro atoms. The van der Waals surface area contributed by atoms with Crippen molar-refractivity contribution in [2.45, 2.75) is 12.8 Å². The Bertz CT molecular complexity index is 899. The van der Waals surface area contributed by atoms with Gasteiger partial charge in [0.2, 0.25) is 0 Å². The van der Waals surface area contributed by atoms with Gasteiger partial charge in [-0.25, -0.2) is 0 Å². The van der Waals surface area contributed by atoms with Crippen molar-refractivity contribution in [3.8, 4) is 5.75 Å². The van der Waals surface area contributed by atoms with Crippen LogP contribution in [0.5, 0.6) is 5.75 Å². The molecule has 25 heavy (non-hydrogen) atoms. The second-order valence-electron chi connectivity index (χ2n) is 6.35. The number of fused-ring (bicyclic) bond motifs is 2. The van der Waals surface area contributed by atoms with Crippen LogP contribution in [-0.2, 0) is 6.42 Å². The Morgan fingerprint density at radius 1 is 1.24 bits per heavy atom. The van der Waals surface area contributed by atoms with E-state index >= 15 is 0 Å². The fraction of sp³-hybridized carbons (Fsp3) is 0.190. The zero-order chi connectivity index (χ0) is 17.4. The van der Waals surface area contributed by atoms with Gasteiger partial charge in [0.15, 0.2) is 0 Å². The Hall–Kier alpha value is -3.01. The predicted molar refractivity (Wildman–Crippen MR) is 101 cm³/mol. The lowest BCUT2D eigenvalue weighted by Gasteiger charge is -2.27. The lowest BCUT2D eigenvalue weighted by Crippen LogP contribution is -2.20. The first-order valence-corrected chi connectivity index (χ1v) is 8.44. The number of nitrogens with one attached hydrogen (secondary N) is 1. The molecule has 4 nitrogen and oxygen atoms in total. The van der Waals surface area contributed by atoms with Crippen LogP contribution in [0.3, 0.4) is 0 Å². The average Bonchev–Trinajstić information content (AvgIpc) is 2.64. The van der Waals surface area contributed by atoms with Crippen molar-refractivity contribution in [1.29, 1.82) is 0 Å². The van der Waals surface area contributed by atoms with Gasteiger partial charge in [-0.1, -0.05) is 12.6 Å². The van der Waals surface area contributed by atoms with Gasteiger partial charge in [-0.05, 0) is 60.9 Å². The Morgan fingerprint density at radius 3 is 3.00 bits per heavy atom. The number of amides is 1. The number of allylic oxidation sites excluding steroid dienone is 1. The lowest BCUT2D eigenvalue weighted by molar-refractivity contribution is 0.102. The number of hydrogen-bond acceptors (Lipinski definition) is 3. The number of carbonyl (C=O) groups excluding carboxylic acids is 1. The van der Waals surface area contributed by atoms with E-state index in [1.807, 2.05) is 60.5 Å². The number of aryl methyl sites for hydroxylation is 1. The summed E-state index contributed by atoms with van der Waals surface area (Å²) in [6, 6.07) is 11.5. The average molecular weight is 332 g/mol. The molecular formula is C21H20N2O2. The minimum Gasteiger partial charge on any atom is -0.493 e. The Labute approximate surface area is 147 Å². The Morgan fingerprint density at radius 2 is 2.12 bits per heavy atom. The summed E-state index contributed by atoms with van der Waals surface area (Å²) in [5.41, 5.74) is 5.50. The van der Waals surface area contributed by atoms with Gasteiger partial charge in [-0.3, -0.25) is 4.79 Å². The predicted octanol–water partition coefficient (Wildman–Crippen LogP) is 4.24. The standard InChI is InChI=1S/C21H20N2O2/c1-14-8-10-17-18(6-3-7-19(17)23(14)2)22-21(24)16-9-11-20-15(13-16)5-4-12-25-20/h3,6-11,13H,1,4-5,12H2,2H3,(H,22,24). The molecule has 126 valence electrons. The SMILES string of the molecule is C=C1C=Cc2c(NC(=O)c3ccc4c(c3)CCCO4)cccc2N1C. The maximum Gasteiger partial charge on any atom is 0.255 e. The van der Waals surface area contributed by atoms with E-state index in [-0.39, 0.29) is 5.91 Å². The summed E-state index contributed by atoms with van der Waals surface area (Å²) in [5.74, 6) is 0.783. The molecule has 1 N–H and O–H groups in total. The van der Waals surface area contributed by atoms with Gasteiger partial charge in [-0.15, -0.1) is 0 Å². The van der Waals surface area contributed by atoms with E-state index in [9.17, 15) is 4.79 Å². The molecule has 1 amide bonds. The largest absolute Gasteiger partial charge is 0.493 e. The van der Waals surface area contributed by atoms with Crippen LogP contribution in [0.1, 0.15) is 27.9 Å². The van der Waals surface area contributed by atoms with E-state index in [4.69, 9.17) is 4.74 Å². The van der Waals surface area contributed by atoms with Crippen molar-refractivity contribution < 1.29 is 9.53 Å². The van der Waals surface area contributed by atoms with Gasteiger partial charge >= 0.3 is 0 Å². The summed E-state index contributed by atoms with van der Waals surface area (Å²) in [4.78, 5) is 14.7. The van der Waals surface area contributed by atoms with Crippen LogP contribution < -0.4 is 15.0 Å². The van der Waals surface area contributed by atoms with Gasteiger partial charge < -0.3 is 15.0 Å². The van der Waals surface area contributed by atoms with Crippen LogP contribution >= 0.6 is 0 Å². The van der Waals surface area contributed by atoms with Crippen molar-refractivity contribution in [2.24, 2.45) is 0 Å². The summed E-state index contributed by atoms with van der Waals surface area (Å²) in [6.45, 7) is 4.76. The summed E-state index contributed by atoms with van der Waals surface area (Å²) in [6.07, 6.45) is 5.89. The highest BCUT2D eigenvalue weighted by Crippen LogP contribution is 2.34. The van der Waals surface area contributed by atoms with Crippen LogP contribution in [0.2, 0.25) is 0 Å². The van der Waals surface area contributed by atoms with Crippen LogP contribution in [0.15, 0.2) is 54.8 Å². The van der Waals surface area contributed by atoms with Crippen LogP contribution in [-0.4, -0.2) is 19.6 Å². The number of rotatable bonds is 2. The van der Waals surface area contributed by atoms with Gasteiger partial charge in [0.25, 0.3) is 5.91 Å². The number of ether oxygens (including phenoxy) is 1. The smallest absolute Gasteiger partial charge is 0.255 e. The molecule has 4 rings (SSSR count). The second-order valence-corrected chi connectivity index (χ2v) is 6.35. The molecular weight excluding hydrogens is 312 g/mol. The molecule has 0 aliphatic carbocycles. The van der Waals surface area contributed by atoms with E-state index < -0.39 is 0 Å². The van der Waals surface area contributed by atoms with E-state index in [0.717, 1.165) is 53.4 Å². The normalized spacial score (nSPS) is 15.2. The number of carbonyl (C=O) groups is 1. The number of likely N-dealkylation sites (N-methyl/N-ethyl adjacent to an activating group) is 1. The van der Waals surface area contributed by atoms with Gasteiger partial charge in [0.1, 0.15) is 5.75 Å². The number of hydrogen-bond donors (Lipinski definition) is 1. The van der Waals surface area contributed by atoms with Crippen molar-refractivity contribution >= 4 is 23.4 Å². The first-order valence-electron chi connectivity index (χ1n) is 8.44. The van der Waals surface area contributed by atoms with Crippen LogP contribution in [0.25, 0.3) is 6.08 Å². The minimum atomic E-state index is -0.109. The van der Waals surface area contributed by atoms with E-state index in [1.165, 1.54) is 0 Å². The van der Waals surface area contributed by atoms with Crippen molar-refractivity contribution in [3.05, 3.63) is 71.4 Å². The molecule has 0 saturated heterocycles. The first-order chi connectivity index (χ1) is 12.1. The molecule has 0 saturated carbocycles. The second kappa shape index (κ2) is 6.13. The molecule has 2 heterocycles. The summed E-state index contributed by atoms with van der Waals surface area (Å²) in [5, 5.41) is 3.04. The van der Waals surface area contributed by atoms with Gasteiger partial charge in [0.05, 0.1) is 18.0 Å². The van der Waals surface area contributed by atoms with Crippen molar-refractivity contribution in [2.75, 3.05) is 23.9 Å². The third kappa shape index (κ3) is 2.80. The molecule has 2 aliphatic rings. The minimum absolute atomic E-state index is 0.109. The van der Waals surface area contributed by atoms with E-state index in [0.29, 0.717) is 5.56 Å². The summed E-state index contributed by atoms with van der Waals surface area (Å²) >= 11 is 0. The number of benzene rings is 2. The molecule has 0 radical (unpaired) electrons. The fourth-order valence-electron chi connectivity index (χ4n) is 3.27. The third-order valence-corrected chi connectivity index (χ3v) is 4.74. The van der Waals surface area contributed by atoms with Gasteiger partial charge in [0, 0.05) is 23.9 Å². The molecule has 2 aromatic rings. The fourth-order valence-corrected chi connectivity index (χ4v) is 3.27. The maximum absolute atomic E-state index is 12.7. The lowest BCUT2D eigenvalue weighted by atomic mass is 10.0. The zero-order valence-corrected chi connectivity index (χ0v) is 14.2. The van der Waals surface area contributed by atoms with E-state index in [2.05, 4.69) is 11.9 Å². The van der Waals surface area contributed by atoms with Crippen molar-refractivity contribution in [1.82, 2.24) is 0 Å². The monoisotopic (exact) mass is 332 g/mol. The molecule has 0 aromatic heterocycles. The van der Waals surface area contributed by atoms with E-state index in [1.54, 1.807) is 0 Å². The maximum atomic E-state index is 12.7. The molecule has 4 heteroatoms. The van der Waals surface area contributed by atoms with Crippen LogP contribution in [0, 0.1) is 0 Å². The van der Waals surface area contributed by atoms with Gasteiger partial charge in [-0.2, -0.15) is 0 Å². The zero-order valence-electron chi connectivity index (χ0n) is 14.2.